The Morgan fingerprint density at radius 2 is 1.52 bits per heavy atom. The second-order valence-corrected chi connectivity index (χ2v) is 15.3. The first-order valence-electron chi connectivity index (χ1n) is 8.00. The molecule has 2 heterocycles. The maximum Gasteiger partial charge on any atom is 0.129 e. The van der Waals surface area contributed by atoms with Gasteiger partial charge in [0.2, 0.25) is 0 Å². The van der Waals surface area contributed by atoms with Crippen LogP contribution < -0.4 is 0 Å². The topological polar surface area (TPSA) is 40.5 Å². The van der Waals surface area contributed by atoms with E-state index in [-0.39, 0.29) is 13.2 Å². The molecule has 0 saturated heterocycles. The average molecular weight is 500 g/mol. The van der Waals surface area contributed by atoms with Crippen molar-refractivity contribution in [2.75, 3.05) is 13.2 Å². The minimum Gasteiger partial charge on any atom is -0.396 e. The second kappa shape index (κ2) is 9.36. The Morgan fingerprint density at radius 1 is 0.920 bits per heavy atom. The minimum atomic E-state index is -1.44. The van der Waals surface area contributed by atoms with Crippen LogP contribution in [-0.4, -0.2) is 31.5 Å². The third-order valence-corrected chi connectivity index (χ3v) is 6.94. The van der Waals surface area contributed by atoms with Crippen molar-refractivity contribution in [3.8, 4) is 23.3 Å². The summed E-state index contributed by atoms with van der Waals surface area (Å²) in [6, 6.07) is 4.13. The maximum atomic E-state index is 9.29. The lowest BCUT2D eigenvalue weighted by molar-refractivity contribution is 0.299. The molecule has 0 fully saturated rings. The molecular weight excluding hydrogens is 479 g/mol. The van der Waals surface area contributed by atoms with Crippen molar-refractivity contribution in [1.82, 2.24) is 0 Å². The van der Waals surface area contributed by atoms with E-state index in [2.05, 4.69) is 71.6 Å². The summed E-state index contributed by atoms with van der Waals surface area (Å²) >= 11 is 5.54. The van der Waals surface area contributed by atoms with E-state index in [9.17, 15) is 10.2 Å². The summed E-state index contributed by atoms with van der Waals surface area (Å²) in [5, 5.41) is 18.5. The number of halogens is 1. The molecule has 0 saturated carbocycles. The molecule has 2 aromatic rings. The fraction of sp³-hybridized carbons (Fsp3) is 0.368. The first-order chi connectivity index (χ1) is 11.8. The molecule has 0 spiro atoms. The van der Waals surface area contributed by atoms with Gasteiger partial charge in [-0.2, -0.15) is 0 Å². The lowest BCUT2D eigenvalue weighted by Gasteiger charge is -2.03. The van der Waals surface area contributed by atoms with Crippen LogP contribution in [0.4, 0.5) is 0 Å². The Kier molecular flexibility index (Phi) is 7.75. The quantitative estimate of drug-likeness (QED) is 0.377. The Balaban J connectivity index is 2.34. The monoisotopic (exact) mass is 500 g/mol. The molecule has 0 aliphatic rings. The predicted molar refractivity (Wildman–Crippen MR) is 119 cm³/mol. The summed E-state index contributed by atoms with van der Waals surface area (Å²) < 4.78 is 1.18. The van der Waals surface area contributed by atoms with Crippen LogP contribution in [0, 0.1) is 26.2 Å². The number of hydrogen-bond donors (Lipinski definition) is 2. The fourth-order valence-corrected chi connectivity index (χ4v) is 5.41. The van der Waals surface area contributed by atoms with Crippen LogP contribution in [0.5, 0.6) is 0 Å². The van der Waals surface area contributed by atoms with Gasteiger partial charge >= 0.3 is 0 Å². The van der Waals surface area contributed by atoms with Crippen molar-refractivity contribution < 1.29 is 10.2 Å². The van der Waals surface area contributed by atoms with E-state index < -0.39 is 8.07 Å². The lowest BCUT2D eigenvalue weighted by atomic mass is 10.2. The largest absolute Gasteiger partial charge is 0.396 e. The highest BCUT2D eigenvalue weighted by Gasteiger charge is 2.10. The van der Waals surface area contributed by atoms with Crippen LogP contribution in [-0.2, 0) is 12.8 Å². The van der Waals surface area contributed by atoms with Crippen LogP contribution in [0.25, 0.3) is 0 Å². The molecule has 132 valence electrons. The summed E-state index contributed by atoms with van der Waals surface area (Å²) in [5.74, 6) is 9.81. The number of hydrogen-bond acceptors (Lipinski definition) is 4. The van der Waals surface area contributed by atoms with Crippen LogP contribution in [0.3, 0.4) is 0 Å². The van der Waals surface area contributed by atoms with Crippen molar-refractivity contribution in [3.63, 3.8) is 0 Å². The predicted octanol–water partition coefficient (Wildman–Crippen LogP) is 4.11. The molecule has 0 aromatic carbocycles. The fourth-order valence-electron chi connectivity index (χ4n) is 2.07. The van der Waals surface area contributed by atoms with Gasteiger partial charge in [0.1, 0.15) is 8.07 Å². The summed E-state index contributed by atoms with van der Waals surface area (Å²) in [7, 11) is -1.44. The first kappa shape index (κ1) is 20.7. The van der Waals surface area contributed by atoms with Crippen LogP contribution in [0.15, 0.2) is 12.1 Å². The maximum absolute atomic E-state index is 9.29. The van der Waals surface area contributed by atoms with Crippen molar-refractivity contribution in [2.24, 2.45) is 0 Å². The smallest absolute Gasteiger partial charge is 0.129 e. The van der Waals surface area contributed by atoms with Gasteiger partial charge < -0.3 is 10.2 Å². The summed E-state index contributed by atoms with van der Waals surface area (Å²) in [5.41, 5.74) is 5.59. The Hall–Kier alpha value is -0.613. The van der Waals surface area contributed by atoms with E-state index in [1.165, 1.54) is 2.88 Å². The molecule has 0 atom stereocenters. The van der Waals surface area contributed by atoms with E-state index in [0.717, 1.165) is 25.8 Å². The normalized spacial score (nSPS) is 10.8. The molecule has 2 N–H and O–H groups in total. The zero-order chi connectivity index (χ0) is 18.4. The van der Waals surface area contributed by atoms with E-state index in [0.29, 0.717) is 12.8 Å². The standard InChI is InChI=1S/C19H21IO2S2Si/c1-25(2,3)11-8-18-14(6-9-21)12-16(23-18)4-5-17-15(7-10-22)13-19(20)24-17/h12-13,21-22H,6-7,9-10H2,1-3H3. The van der Waals surface area contributed by atoms with Gasteiger partial charge in [-0.1, -0.05) is 25.6 Å². The molecule has 0 aliphatic heterocycles. The van der Waals surface area contributed by atoms with Crippen molar-refractivity contribution >= 4 is 53.3 Å². The Morgan fingerprint density at radius 3 is 2.12 bits per heavy atom. The molecular formula is C19H21IO2S2Si. The Bertz CT molecular complexity index is 854. The van der Waals surface area contributed by atoms with Gasteiger partial charge in [-0.3, -0.25) is 0 Å². The lowest BCUT2D eigenvalue weighted by Crippen LogP contribution is -2.16. The van der Waals surface area contributed by atoms with Crippen LogP contribution >= 0.6 is 45.3 Å². The third-order valence-electron chi connectivity index (χ3n) is 3.20. The summed E-state index contributed by atoms with van der Waals surface area (Å²) in [4.78, 5) is 3.02. The summed E-state index contributed by atoms with van der Waals surface area (Å²) in [6.07, 6.45) is 1.25. The molecule has 0 bridgehead atoms. The molecule has 6 heteroatoms. The molecule has 0 aliphatic carbocycles. The molecule has 0 amide bonds. The van der Waals surface area contributed by atoms with Gasteiger partial charge in [0, 0.05) is 13.2 Å². The van der Waals surface area contributed by atoms with Crippen molar-refractivity contribution in [2.45, 2.75) is 32.5 Å². The minimum absolute atomic E-state index is 0.120. The number of thiophene rings is 2. The van der Waals surface area contributed by atoms with Gasteiger partial charge in [-0.25, -0.2) is 0 Å². The van der Waals surface area contributed by atoms with Gasteiger partial charge in [0.25, 0.3) is 0 Å². The van der Waals surface area contributed by atoms with E-state index in [1.807, 2.05) is 6.07 Å². The van der Waals surface area contributed by atoms with E-state index in [4.69, 9.17) is 0 Å². The first-order valence-corrected chi connectivity index (χ1v) is 14.2. The average Bonchev–Trinajstić information content (AvgIpc) is 3.06. The number of aliphatic hydroxyl groups excluding tert-OH is 2. The highest BCUT2D eigenvalue weighted by Crippen LogP contribution is 2.25. The van der Waals surface area contributed by atoms with E-state index >= 15 is 0 Å². The van der Waals surface area contributed by atoms with Gasteiger partial charge in [0.05, 0.1) is 17.5 Å². The zero-order valence-electron chi connectivity index (χ0n) is 14.6. The highest BCUT2D eigenvalue weighted by atomic mass is 127. The third kappa shape index (κ3) is 6.56. The molecule has 2 aromatic heterocycles. The van der Waals surface area contributed by atoms with Gasteiger partial charge in [-0.15, -0.1) is 28.2 Å². The molecule has 0 radical (unpaired) electrons. The zero-order valence-corrected chi connectivity index (χ0v) is 19.4. The molecule has 25 heavy (non-hydrogen) atoms. The van der Waals surface area contributed by atoms with Crippen LogP contribution in [0.2, 0.25) is 19.6 Å². The molecule has 2 nitrogen and oxygen atoms in total. The van der Waals surface area contributed by atoms with E-state index in [1.54, 1.807) is 22.7 Å². The van der Waals surface area contributed by atoms with Gasteiger partial charge in [-0.05, 0) is 70.5 Å². The van der Waals surface area contributed by atoms with Gasteiger partial charge in [0.15, 0.2) is 0 Å². The summed E-state index contributed by atoms with van der Waals surface area (Å²) in [6.45, 7) is 6.93. The van der Waals surface area contributed by atoms with Crippen LogP contribution in [0.1, 0.15) is 25.8 Å². The molecule has 0 unspecified atom stereocenters. The molecule has 2 rings (SSSR count). The van der Waals surface area contributed by atoms with Crippen molar-refractivity contribution in [3.05, 3.63) is 40.8 Å². The highest BCUT2D eigenvalue weighted by molar-refractivity contribution is 14.1. The number of rotatable bonds is 4. The number of aliphatic hydroxyl groups is 2. The Labute approximate surface area is 172 Å². The SMILES string of the molecule is C[Si](C)(C)C#Cc1sc(C#Cc2sc(I)cc2CCO)cc1CCO. The van der Waals surface area contributed by atoms with Crippen molar-refractivity contribution in [1.29, 1.82) is 0 Å². The second-order valence-electron chi connectivity index (χ2n) is 6.57.